The van der Waals surface area contributed by atoms with Crippen LogP contribution in [0.25, 0.3) is 10.6 Å². The van der Waals surface area contributed by atoms with Crippen LogP contribution in [-0.2, 0) is 11.3 Å². The molecule has 0 radical (unpaired) electrons. The molecule has 0 aliphatic carbocycles. The van der Waals surface area contributed by atoms with Crippen LogP contribution in [0.5, 0.6) is 5.75 Å². The largest absolute Gasteiger partial charge is 0.573 e. The molecule has 6 nitrogen and oxygen atoms in total. The second kappa shape index (κ2) is 9.40. The molecule has 0 fully saturated rings. The SMILES string of the molecule is CCC1=C(C(=O)NCc2csc(-c3ccc(OC(F)(F)F)cc3)n2)CN2C=CC(Cl)=CC2=N1. The van der Waals surface area contributed by atoms with Crippen molar-refractivity contribution in [1.29, 1.82) is 0 Å². The fourth-order valence-electron chi connectivity index (χ4n) is 3.28. The molecule has 33 heavy (non-hydrogen) atoms. The number of carbonyl (C=O) groups is 1. The first-order chi connectivity index (χ1) is 15.7. The van der Waals surface area contributed by atoms with E-state index >= 15 is 0 Å². The highest BCUT2D eigenvalue weighted by atomic mass is 35.5. The second-order valence-corrected chi connectivity index (χ2v) is 8.42. The van der Waals surface area contributed by atoms with Gasteiger partial charge in [0.05, 0.1) is 30.1 Å². The van der Waals surface area contributed by atoms with E-state index in [1.807, 2.05) is 11.8 Å². The number of benzene rings is 1. The number of fused-ring (bicyclic) bond motifs is 1. The highest BCUT2D eigenvalue weighted by Gasteiger charge is 2.31. The first-order valence-corrected chi connectivity index (χ1v) is 11.2. The quantitative estimate of drug-likeness (QED) is 0.587. The van der Waals surface area contributed by atoms with E-state index in [0.29, 0.717) is 51.4 Å². The summed E-state index contributed by atoms with van der Waals surface area (Å²) in [6, 6.07) is 5.48. The first-order valence-electron chi connectivity index (χ1n) is 9.93. The lowest BCUT2D eigenvalue weighted by Gasteiger charge is -2.29. The van der Waals surface area contributed by atoms with Crippen LogP contribution in [0.15, 0.2) is 69.3 Å². The Morgan fingerprint density at radius 1 is 1.30 bits per heavy atom. The topological polar surface area (TPSA) is 66.8 Å². The van der Waals surface area contributed by atoms with Gasteiger partial charge in [-0.15, -0.1) is 24.5 Å². The van der Waals surface area contributed by atoms with E-state index in [1.165, 1.54) is 35.6 Å². The minimum atomic E-state index is -4.74. The Hall–Kier alpha value is -3.11. The summed E-state index contributed by atoms with van der Waals surface area (Å²) in [5, 5.41) is 5.88. The van der Waals surface area contributed by atoms with Crippen molar-refractivity contribution in [1.82, 2.24) is 15.2 Å². The molecule has 172 valence electrons. The zero-order valence-corrected chi connectivity index (χ0v) is 18.9. The van der Waals surface area contributed by atoms with Gasteiger partial charge in [-0.1, -0.05) is 18.5 Å². The van der Waals surface area contributed by atoms with Gasteiger partial charge in [0.15, 0.2) is 0 Å². The van der Waals surface area contributed by atoms with Crippen LogP contribution in [-0.4, -0.2) is 34.5 Å². The number of rotatable bonds is 6. The third kappa shape index (κ3) is 5.63. The maximum Gasteiger partial charge on any atom is 0.573 e. The van der Waals surface area contributed by atoms with Crippen molar-refractivity contribution < 1.29 is 22.7 Å². The number of thiazole rings is 1. The highest BCUT2D eigenvalue weighted by molar-refractivity contribution is 7.13. The molecule has 0 bridgehead atoms. The molecule has 1 aromatic carbocycles. The molecule has 1 N–H and O–H groups in total. The Morgan fingerprint density at radius 2 is 2.06 bits per heavy atom. The number of ether oxygens (including phenoxy) is 1. The van der Waals surface area contributed by atoms with Gasteiger partial charge >= 0.3 is 6.36 Å². The van der Waals surface area contributed by atoms with Crippen LogP contribution in [0.1, 0.15) is 19.0 Å². The van der Waals surface area contributed by atoms with Crippen LogP contribution >= 0.6 is 22.9 Å². The smallest absolute Gasteiger partial charge is 0.406 e. The number of aromatic nitrogens is 1. The molecule has 1 amide bonds. The second-order valence-electron chi connectivity index (χ2n) is 7.12. The number of aliphatic imine (C=N–C) groups is 1. The minimum absolute atomic E-state index is 0.212. The average Bonchev–Trinajstić information content (AvgIpc) is 3.25. The number of nitrogens with zero attached hydrogens (tertiary/aromatic N) is 3. The number of alkyl halides is 3. The Bertz CT molecular complexity index is 1180. The van der Waals surface area contributed by atoms with Gasteiger partial charge in [0.2, 0.25) is 0 Å². The predicted molar refractivity (Wildman–Crippen MR) is 121 cm³/mol. The van der Waals surface area contributed by atoms with Gasteiger partial charge in [-0.3, -0.25) is 4.79 Å². The van der Waals surface area contributed by atoms with E-state index in [1.54, 1.807) is 23.7 Å². The predicted octanol–water partition coefficient (Wildman–Crippen LogP) is 5.35. The third-order valence-corrected chi connectivity index (χ3v) is 6.00. The van der Waals surface area contributed by atoms with Crippen molar-refractivity contribution in [3.63, 3.8) is 0 Å². The van der Waals surface area contributed by atoms with Crippen LogP contribution < -0.4 is 10.1 Å². The zero-order valence-electron chi connectivity index (χ0n) is 17.3. The van der Waals surface area contributed by atoms with Gasteiger partial charge in [0.1, 0.15) is 16.6 Å². The minimum Gasteiger partial charge on any atom is -0.406 e. The number of allylic oxidation sites excluding steroid dienone is 3. The van der Waals surface area contributed by atoms with E-state index in [2.05, 4.69) is 20.0 Å². The maximum absolute atomic E-state index is 12.8. The monoisotopic (exact) mass is 494 g/mol. The molecule has 3 heterocycles. The number of carbonyl (C=O) groups excluding carboxylic acids is 1. The van der Waals surface area contributed by atoms with E-state index < -0.39 is 6.36 Å². The number of halogens is 4. The van der Waals surface area contributed by atoms with Gasteiger partial charge in [0, 0.05) is 22.2 Å². The Balaban J connectivity index is 1.41. The normalized spacial score (nSPS) is 15.7. The lowest BCUT2D eigenvalue weighted by molar-refractivity contribution is -0.274. The number of amides is 1. The summed E-state index contributed by atoms with van der Waals surface area (Å²) >= 11 is 7.37. The molecule has 0 atom stereocenters. The van der Waals surface area contributed by atoms with Crippen LogP contribution in [0.2, 0.25) is 0 Å². The molecule has 4 rings (SSSR count). The van der Waals surface area contributed by atoms with Gasteiger partial charge in [-0.25, -0.2) is 9.98 Å². The standard InChI is InChI=1S/C22H18ClF3N4O2S/c1-2-18-17(11-30-8-7-14(23)9-19(30)29-18)20(31)27-10-15-12-33-21(28-15)13-3-5-16(6-4-13)32-22(24,25)26/h3-9,12H,2,10-11H2,1H3,(H,27,31). The molecule has 0 saturated carbocycles. The Kier molecular flexibility index (Phi) is 6.57. The summed E-state index contributed by atoms with van der Waals surface area (Å²) in [5.74, 6) is 0.175. The molecule has 2 aromatic rings. The summed E-state index contributed by atoms with van der Waals surface area (Å²) in [6.45, 7) is 2.53. The number of hydrogen-bond acceptors (Lipinski definition) is 6. The summed E-state index contributed by atoms with van der Waals surface area (Å²) in [4.78, 5) is 23.7. The van der Waals surface area contributed by atoms with E-state index in [0.717, 1.165) is 0 Å². The molecule has 0 spiro atoms. The number of nitrogens with one attached hydrogen (secondary N) is 1. The molecule has 2 aliphatic rings. The van der Waals surface area contributed by atoms with Gasteiger partial charge in [-0.05, 0) is 42.8 Å². The van der Waals surface area contributed by atoms with Crippen molar-refractivity contribution in [3.05, 3.63) is 70.0 Å². The summed E-state index contributed by atoms with van der Waals surface area (Å²) in [6.07, 6.45) is 1.15. The third-order valence-electron chi connectivity index (χ3n) is 4.83. The van der Waals surface area contributed by atoms with Crippen molar-refractivity contribution in [2.45, 2.75) is 26.3 Å². The average molecular weight is 495 g/mol. The molecule has 11 heteroatoms. The molecular formula is C22H18ClF3N4O2S. The molecule has 1 aromatic heterocycles. The van der Waals surface area contributed by atoms with Crippen molar-refractivity contribution in [2.24, 2.45) is 4.99 Å². The Morgan fingerprint density at radius 3 is 2.76 bits per heavy atom. The van der Waals surface area contributed by atoms with Gasteiger partial charge in [-0.2, -0.15) is 0 Å². The highest BCUT2D eigenvalue weighted by Crippen LogP contribution is 2.29. The maximum atomic E-state index is 12.8. The van der Waals surface area contributed by atoms with Crippen LogP contribution in [0.3, 0.4) is 0 Å². The van der Waals surface area contributed by atoms with Crippen molar-refractivity contribution >= 4 is 34.7 Å². The van der Waals surface area contributed by atoms with Crippen molar-refractivity contribution in [3.8, 4) is 16.3 Å². The summed E-state index contributed by atoms with van der Waals surface area (Å²) < 4.78 is 40.8. The zero-order chi connectivity index (χ0) is 23.6. The fraction of sp³-hybridized carbons (Fsp3) is 0.227. The molecule has 2 aliphatic heterocycles. The van der Waals surface area contributed by atoms with Crippen LogP contribution in [0.4, 0.5) is 13.2 Å². The van der Waals surface area contributed by atoms with E-state index in [4.69, 9.17) is 11.6 Å². The van der Waals surface area contributed by atoms with Gasteiger partial charge < -0.3 is 15.0 Å². The van der Waals surface area contributed by atoms with Gasteiger partial charge in [0.25, 0.3) is 5.91 Å². The van der Waals surface area contributed by atoms with E-state index in [-0.39, 0.29) is 18.2 Å². The fourth-order valence-corrected chi connectivity index (χ4v) is 4.26. The lowest BCUT2D eigenvalue weighted by Crippen LogP contribution is -2.37. The van der Waals surface area contributed by atoms with Crippen LogP contribution in [0, 0.1) is 0 Å². The first kappa shape index (κ1) is 23.1. The Labute approximate surface area is 196 Å². The number of hydrogen-bond donors (Lipinski definition) is 1. The molecule has 0 unspecified atom stereocenters. The molecular weight excluding hydrogens is 477 g/mol. The summed E-state index contributed by atoms with van der Waals surface area (Å²) in [5.41, 5.74) is 2.58. The summed E-state index contributed by atoms with van der Waals surface area (Å²) in [7, 11) is 0. The molecule has 0 saturated heterocycles. The lowest BCUT2D eigenvalue weighted by atomic mass is 10.1. The van der Waals surface area contributed by atoms with Crippen molar-refractivity contribution in [2.75, 3.05) is 6.54 Å². The van der Waals surface area contributed by atoms with E-state index in [9.17, 15) is 18.0 Å². The number of amidine groups is 1.